The first kappa shape index (κ1) is 13.4. The standard InChI is InChI=1S/C10H22N2O2/c1-6-7(2)8(11)9(13)12-14-10(3,4)5/h7-8H,6,11H2,1-5H3,(H,12,13)/t7?,8-/m0/s1. The summed E-state index contributed by atoms with van der Waals surface area (Å²) in [5, 5.41) is 0. The van der Waals surface area contributed by atoms with Crippen molar-refractivity contribution in [3.63, 3.8) is 0 Å². The Hall–Kier alpha value is -0.610. The maximum absolute atomic E-state index is 11.4. The maximum Gasteiger partial charge on any atom is 0.260 e. The minimum Gasteiger partial charge on any atom is -0.320 e. The molecule has 2 atom stereocenters. The molecule has 1 amide bonds. The maximum atomic E-state index is 11.4. The zero-order chi connectivity index (χ0) is 11.4. The van der Waals surface area contributed by atoms with Gasteiger partial charge in [0.25, 0.3) is 5.91 Å². The number of rotatable bonds is 4. The average molecular weight is 202 g/mol. The molecule has 0 rings (SSSR count). The number of hydroxylamine groups is 1. The number of amides is 1. The minimum atomic E-state index is -0.498. The lowest BCUT2D eigenvalue weighted by Gasteiger charge is -2.22. The van der Waals surface area contributed by atoms with Crippen LogP contribution in [-0.4, -0.2) is 17.6 Å². The van der Waals surface area contributed by atoms with Crippen molar-refractivity contribution in [1.29, 1.82) is 0 Å². The van der Waals surface area contributed by atoms with E-state index in [-0.39, 0.29) is 17.4 Å². The summed E-state index contributed by atoms with van der Waals surface area (Å²) in [6.45, 7) is 9.54. The van der Waals surface area contributed by atoms with Gasteiger partial charge in [-0.25, -0.2) is 5.48 Å². The Morgan fingerprint density at radius 2 is 2.00 bits per heavy atom. The smallest absolute Gasteiger partial charge is 0.260 e. The van der Waals surface area contributed by atoms with Crippen LogP contribution in [0.5, 0.6) is 0 Å². The summed E-state index contributed by atoms with van der Waals surface area (Å²) < 4.78 is 0. The van der Waals surface area contributed by atoms with E-state index in [0.29, 0.717) is 0 Å². The molecule has 4 heteroatoms. The second-order valence-electron chi connectivity index (χ2n) is 4.59. The Kier molecular flexibility index (Phi) is 5.08. The molecule has 14 heavy (non-hydrogen) atoms. The molecule has 0 aromatic rings. The van der Waals surface area contributed by atoms with Gasteiger partial charge in [-0.15, -0.1) is 0 Å². The summed E-state index contributed by atoms with van der Waals surface area (Å²) in [5.41, 5.74) is 7.70. The first-order chi connectivity index (χ1) is 6.28. The van der Waals surface area contributed by atoms with Crippen LogP contribution in [0.3, 0.4) is 0 Å². The zero-order valence-corrected chi connectivity index (χ0v) is 9.76. The lowest BCUT2D eigenvalue weighted by Crippen LogP contribution is -2.46. The summed E-state index contributed by atoms with van der Waals surface area (Å²) in [6.07, 6.45) is 0.879. The van der Waals surface area contributed by atoms with Gasteiger partial charge in [0.1, 0.15) is 0 Å². The first-order valence-corrected chi connectivity index (χ1v) is 5.01. The minimum absolute atomic E-state index is 0.165. The molecule has 0 saturated heterocycles. The molecule has 0 aliphatic heterocycles. The Balaban J connectivity index is 3.97. The Labute approximate surface area is 86.1 Å². The fourth-order valence-corrected chi connectivity index (χ4v) is 0.784. The molecule has 0 fully saturated rings. The lowest BCUT2D eigenvalue weighted by atomic mass is 10.00. The molecule has 0 aromatic heterocycles. The van der Waals surface area contributed by atoms with Crippen molar-refractivity contribution in [2.75, 3.05) is 0 Å². The molecule has 0 aromatic carbocycles. The van der Waals surface area contributed by atoms with Crippen molar-refractivity contribution in [2.45, 2.75) is 52.7 Å². The van der Waals surface area contributed by atoms with Crippen molar-refractivity contribution in [2.24, 2.45) is 11.7 Å². The molecule has 4 nitrogen and oxygen atoms in total. The zero-order valence-electron chi connectivity index (χ0n) is 9.76. The van der Waals surface area contributed by atoms with Crippen LogP contribution in [-0.2, 0) is 9.63 Å². The van der Waals surface area contributed by atoms with Crippen molar-refractivity contribution in [3.8, 4) is 0 Å². The number of carbonyl (C=O) groups is 1. The second kappa shape index (κ2) is 5.32. The monoisotopic (exact) mass is 202 g/mol. The SMILES string of the molecule is CCC(C)[C@H](N)C(=O)NOC(C)(C)C. The van der Waals surface area contributed by atoms with Crippen molar-refractivity contribution in [3.05, 3.63) is 0 Å². The molecule has 0 saturated carbocycles. The third kappa shape index (κ3) is 5.19. The molecule has 3 N–H and O–H groups in total. The van der Waals surface area contributed by atoms with Gasteiger partial charge in [0, 0.05) is 0 Å². The van der Waals surface area contributed by atoms with Crippen molar-refractivity contribution >= 4 is 5.91 Å². The summed E-state index contributed by atoms with van der Waals surface area (Å²) in [4.78, 5) is 16.6. The molecule has 0 aliphatic carbocycles. The fraction of sp³-hybridized carbons (Fsp3) is 0.900. The fourth-order valence-electron chi connectivity index (χ4n) is 0.784. The van der Waals surface area contributed by atoms with Crippen LogP contribution in [0.2, 0.25) is 0 Å². The molecular weight excluding hydrogens is 180 g/mol. The van der Waals surface area contributed by atoms with Gasteiger partial charge in [0.15, 0.2) is 0 Å². The van der Waals surface area contributed by atoms with E-state index in [2.05, 4.69) is 5.48 Å². The number of hydrogen-bond acceptors (Lipinski definition) is 3. The molecule has 0 heterocycles. The van der Waals surface area contributed by atoms with E-state index in [4.69, 9.17) is 10.6 Å². The Bertz CT molecular complexity index is 187. The highest BCUT2D eigenvalue weighted by atomic mass is 16.7. The van der Waals surface area contributed by atoms with Gasteiger partial charge in [-0.05, 0) is 26.7 Å². The van der Waals surface area contributed by atoms with E-state index in [1.807, 2.05) is 34.6 Å². The van der Waals surface area contributed by atoms with Crippen LogP contribution >= 0.6 is 0 Å². The lowest BCUT2D eigenvalue weighted by molar-refractivity contribution is -0.148. The molecule has 84 valence electrons. The quantitative estimate of drug-likeness (QED) is 0.673. The first-order valence-electron chi connectivity index (χ1n) is 5.01. The summed E-state index contributed by atoms with van der Waals surface area (Å²) in [6, 6.07) is -0.498. The van der Waals surface area contributed by atoms with Gasteiger partial charge in [-0.2, -0.15) is 0 Å². The second-order valence-corrected chi connectivity index (χ2v) is 4.59. The number of carbonyl (C=O) groups excluding carboxylic acids is 1. The third-order valence-corrected chi connectivity index (χ3v) is 2.02. The summed E-state index contributed by atoms with van der Waals surface area (Å²) in [7, 11) is 0. The molecule has 0 bridgehead atoms. The van der Waals surface area contributed by atoms with Crippen LogP contribution in [0.1, 0.15) is 41.0 Å². The molecule has 0 radical (unpaired) electrons. The predicted octanol–water partition coefficient (Wildman–Crippen LogP) is 1.21. The molecule has 0 spiro atoms. The third-order valence-electron chi connectivity index (χ3n) is 2.02. The van der Waals surface area contributed by atoms with Gasteiger partial charge in [0.05, 0.1) is 11.6 Å². The molecule has 0 aliphatic rings. The van der Waals surface area contributed by atoms with E-state index in [0.717, 1.165) is 6.42 Å². The Morgan fingerprint density at radius 1 is 1.50 bits per heavy atom. The number of hydrogen-bond donors (Lipinski definition) is 2. The van der Waals surface area contributed by atoms with E-state index >= 15 is 0 Å². The molecular formula is C10H22N2O2. The topological polar surface area (TPSA) is 64.4 Å². The van der Waals surface area contributed by atoms with Crippen LogP contribution in [0.15, 0.2) is 0 Å². The number of nitrogens with one attached hydrogen (secondary N) is 1. The van der Waals surface area contributed by atoms with E-state index in [9.17, 15) is 4.79 Å². The van der Waals surface area contributed by atoms with Crippen molar-refractivity contribution < 1.29 is 9.63 Å². The normalized spacial score (nSPS) is 16.1. The predicted molar refractivity (Wildman–Crippen MR) is 56.4 cm³/mol. The highest BCUT2D eigenvalue weighted by Gasteiger charge is 2.21. The summed E-state index contributed by atoms with van der Waals surface area (Å²) in [5.74, 6) is -0.0900. The largest absolute Gasteiger partial charge is 0.320 e. The van der Waals surface area contributed by atoms with Crippen LogP contribution in [0, 0.1) is 5.92 Å². The summed E-state index contributed by atoms with van der Waals surface area (Å²) >= 11 is 0. The van der Waals surface area contributed by atoms with E-state index < -0.39 is 6.04 Å². The Morgan fingerprint density at radius 3 is 2.36 bits per heavy atom. The van der Waals surface area contributed by atoms with Gasteiger partial charge < -0.3 is 5.73 Å². The van der Waals surface area contributed by atoms with E-state index in [1.165, 1.54) is 0 Å². The van der Waals surface area contributed by atoms with E-state index in [1.54, 1.807) is 0 Å². The number of nitrogens with two attached hydrogens (primary N) is 1. The average Bonchev–Trinajstić information content (AvgIpc) is 2.10. The van der Waals surface area contributed by atoms with Crippen LogP contribution in [0.4, 0.5) is 0 Å². The van der Waals surface area contributed by atoms with Gasteiger partial charge >= 0.3 is 0 Å². The molecule has 1 unspecified atom stereocenters. The highest BCUT2D eigenvalue weighted by Crippen LogP contribution is 2.07. The van der Waals surface area contributed by atoms with Crippen LogP contribution < -0.4 is 11.2 Å². The van der Waals surface area contributed by atoms with Gasteiger partial charge in [0.2, 0.25) is 0 Å². The van der Waals surface area contributed by atoms with Gasteiger partial charge in [-0.3, -0.25) is 9.63 Å². The van der Waals surface area contributed by atoms with Crippen LogP contribution in [0.25, 0.3) is 0 Å². The highest BCUT2D eigenvalue weighted by molar-refractivity contribution is 5.80. The van der Waals surface area contributed by atoms with Gasteiger partial charge in [-0.1, -0.05) is 20.3 Å². The van der Waals surface area contributed by atoms with Crippen molar-refractivity contribution in [1.82, 2.24) is 5.48 Å².